The highest BCUT2D eigenvalue weighted by Crippen LogP contribution is 2.35. The topological polar surface area (TPSA) is 92.7 Å². The number of hydrogen-bond acceptors (Lipinski definition) is 5. The summed E-state index contributed by atoms with van der Waals surface area (Å²) in [6.45, 7) is 1.65. The van der Waals surface area contributed by atoms with Gasteiger partial charge in [-0.25, -0.2) is 4.79 Å². The number of anilines is 2. The minimum absolute atomic E-state index is 0.0777. The number of nitrogens with one attached hydrogen (secondary N) is 2. The number of aromatic nitrogens is 1. The molecule has 5 rings (SSSR count). The van der Waals surface area contributed by atoms with Gasteiger partial charge < -0.3 is 24.8 Å². The average molecular weight is 465 g/mol. The maximum absolute atomic E-state index is 13.1. The van der Waals surface area contributed by atoms with Gasteiger partial charge in [0.15, 0.2) is 0 Å². The predicted octanol–water partition coefficient (Wildman–Crippen LogP) is 3.82. The van der Waals surface area contributed by atoms with Gasteiger partial charge in [0.2, 0.25) is 0 Å². The Hall–Kier alpha value is -3.59. The summed E-state index contributed by atoms with van der Waals surface area (Å²) in [6.07, 6.45) is 0.937. The standard InChI is InChI=1S/C24H24N4O4S/c1-32-18-6-4-17(5-7-18)25-24(31)27-12-15-11-16(14-27)20-9-8-19(23(30)28(20)13-15)26-22(29)21-3-2-10-33-21/h2-10,15-16H,11-14H2,1H3,(H,25,31)(H,26,29)/t15-,16-/m1/s1. The number of thiophene rings is 1. The molecule has 1 aromatic carbocycles. The average Bonchev–Trinajstić information content (AvgIpc) is 3.37. The van der Waals surface area contributed by atoms with Crippen LogP contribution in [0.5, 0.6) is 5.75 Å². The number of amides is 3. The van der Waals surface area contributed by atoms with Crippen LogP contribution in [-0.2, 0) is 6.54 Å². The fourth-order valence-corrected chi connectivity index (χ4v) is 5.29. The zero-order valence-corrected chi connectivity index (χ0v) is 18.9. The fraction of sp³-hybridized carbons (Fsp3) is 0.292. The Bertz CT molecular complexity index is 1240. The molecule has 0 radical (unpaired) electrons. The summed E-state index contributed by atoms with van der Waals surface area (Å²) >= 11 is 1.33. The molecule has 9 heteroatoms. The van der Waals surface area contributed by atoms with Crippen LogP contribution in [0, 0.1) is 5.92 Å². The number of nitrogens with zero attached hydrogens (tertiary/aromatic N) is 2. The van der Waals surface area contributed by atoms with Gasteiger partial charge in [0, 0.05) is 36.9 Å². The second-order valence-corrected chi connectivity index (χ2v) is 9.33. The number of carbonyl (C=O) groups is 2. The molecule has 8 nitrogen and oxygen atoms in total. The molecule has 2 atom stereocenters. The summed E-state index contributed by atoms with van der Waals surface area (Å²) in [4.78, 5) is 40.8. The van der Waals surface area contributed by atoms with Gasteiger partial charge in [0.05, 0.1) is 12.0 Å². The van der Waals surface area contributed by atoms with Crippen molar-refractivity contribution in [3.8, 4) is 5.75 Å². The largest absolute Gasteiger partial charge is 0.497 e. The molecule has 0 spiro atoms. The number of ether oxygens (including phenoxy) is 1. The number of rotatable bonds is 4. The van der Waals surface area contributed by atoms with Gasteiger partial charge in [0.25, 0.3) is 11.5 Å². The molecule has 3 aromatic rings. The lowest BCUT2D eigenvalue weighted by Gasteiger charge is -2.42. The van der Waals surface area contributed by atoms with Gasteiger partial charge in [-0.15, -0.1) is 11.3 Å². The van der Waals surface area contributed by atoms with Gasteiger partial charge in [-0.3, -0.25) is 9.59 Å². The van der Waals surface area contributed by atoms with Gasteiger partial charge in [-0.2, -0.15) is 0 Å². The lowest BCUT2D eigenvalue weighted by atomic mass is 9.83. The second kappa shape index (κ2) is 8.74. The summed E-state index contributed by atoms with van der Waals surface area (Å²) in [6, 6.07) is 14.2. The van der Waals surface area contributed by atoms with E-state index in [0.717, 1.165) is 17.9 Å². The van der Waals surface area contributed by atoms with Crippen molar-refractivity contribution in [2.75, 3.05) is 30.8 Å². The first-order valence-electron chi connectivity index (χ1n) is 10.8. The number of likely N-dealkylation sites (tertiary alicyclic amines) is 1. The summed E-state index contributed by atoms with van der Waals surface area (Å²) in [5.41, 5.74) is 1.71. The normalized spacial score (nSPS) is 18.9. The third kappa shape index (κ3) is 4.23. The van der Waals surface area contributed by atoms with Gasteiger partial charge in [-0.05, 0) is 60.2 Å². The molecule has 0 unspecified atom stereocenters. The highest BCUT2D eigenvalue weighted by molar-refractivity contribution is 7.12. The van der Waals surface area contributed by atoms with Crippen LogP contribution in [0.2, 0.25) is 0 Å². The second-order valence-electron chi connectivity index (χ2n) is 8.38. The molecule has 4 heterocycles. The molecule has 1 saturated heterocycles. The van der Waals surface area contributed by atoms with Gasteiger partial charge in [-0.1, -0.05) is 6.07 Å². The van der Waals surface area contributed by atoms with E-state index >= 15 is 0 Å². The van der Waals surface area contributed by atoms with Crippen molar-refractivity contribution in [2.24, 2.45) is 5.92 Å². The lowest BCUT2D eigenvalue weighted by Crippen LogP contribution is -2.50. The van der Waals surface area contributed by atoms with Gasteiger partial charge in [0.1, 0.15) is 11.4 Å². The van der Waals surface area contributed by atoms with Crippen LogP contribution in [0.25, 0.3) is 0 Å². The fourth-order valence-electron chi connectivity index (χ4n) is 4.68. The molecular weight excluding hydrogens is 440 g/mol. The van der Waals surface area contributed by atoms with E-state index in [4.69, 9.17) is 4.74 Å². The highest BCUT2D eigenvalue weighted by Gasteiger charge is 2.36. The number of fused-ring (bicyclic) bond motifs is 4. The number of methoxy groups -OCH3 is 1. The molecule has 2 aliphatic rings. The first-order valence-corrected chi connectivity index (χ1v) is 11.7. The molecule has 170 valence electrons. The highest BCUT2D eigenvalue weighted by atomic mass is 32.1. The van der Waals surface area contributed by atoms with E-state index in [-0.39, 0.29) is 35.0 Å². The van der Waals surface area contributed by atoms with Crippen LogP contribution in [0.3, 0.4) is 0 Å². The molecule has 3 amide bonds. The molecule has 2 bridgehead atoms. The number of benzene rings is 1. The number of piperidine rings is 1. The van der Waals surface area contributed by atoms with Crippen molar-refractivity contribution in [3.63, 3.8) is 0 Å². The molecule has 33 heavy (non-hydrogen) atoms. The molecule has 0 aliphatic carbocycles. The monoisotopic (exact) mass is 464 g/mol. The van der Waals surface area contributed by atoms with Crippen LogP contribution in [0.1, 0.15) is 27.7 Å². The SMILES string of the molecule is COc1ccc(NC(=O)N2C[C@H]3C[C@H](C2)c2ccc(NC(=O)c4cccs4)c(=O)n2C3)cc1. The summed E-state index contributed by atoms with van der Waals surface area (Å²) in [7, 11) is 1.60. The zero-order valence-electron chi connectivity index (χ0n) is 18.1. The van der Waals surface area contributed by atoms with Crippen LogP contribution < -0.4 is 20.9 Å². The van der Waals surface area contributed by atoms with Crippen LogP contribution in [0.4, 0.5) is 16.2 Å². The molecular formula is C24H24N4O4S. The molecule has 0 saturated carbocycles. The van der Waals surface area contributed by atoms with Crippen molar-refractivity contribution in [1.82, 2.24) is 9.47 Å². The van der Waals surface area contributed by atoms with E-state index in [0.29, 0.717) is 30.2 Å². The summed E-state index contributed by atoms with van der Waals surface area (Å²) in [5, 5.41) is 7.52. The Morgan fingerprint density at radius 2 is 1.85 bits per heavy atom. The van der Waals surface area contributed by atoms with E-state index in [1.165, 1.54) is 11.3 Å². The minimum Gasteiger partial charge on any atom is -0.497 e. The van der Waals surface area contributed by atoms with Crippen molar-refractivity contribution in [2.45, 2.75) is 18.9 Å². The Balaban J connectivity index is 1.31. The molecule has 2 N–H and O–H groups in total. The summed E-state index contributed by atoms with van der Waals surface area (Å²) in [5.74, 6) is 0.709. The van der Waals surface area contributed by atoms with E-state index in [1.807, 2.05) is 28.5 Å². The maximum atomic E-state index is 13.1. The first-order chi connectivity index (χ1) is 16.0. The van der Waals surface area contributed by atoms with Crippen LogP contribution in [0.15, 0.2) is 58.7 Å². The smallest absolute Gasteiger partial charge is 0.321 e. The predicted molar refractivity (Wildman–Crippen MR) is 127 cm³/mol. The number of urea groups is 1. The van der Waals surface area contributed by atoms with E-state index in [2.05, 4.69) is 10.6 Å². The molecule has 2 aliphatic heterocycles. The lowest BCUT2D eigenvalue weighted by molar-refractivity contribution is 0.103. The first kappa shape index (κ1) is 21.3. The number of pyridine rings is 1. The van der Waals surface area contributed by atoms with Crippen LogP contribution >= 0.6 is 11.3 Å². The Morgan fingerprint density at radius 3 is 2.58 bits per heavy atom. The zero-order chi connectivity index (χ0) is 22.9. The van der Waals surface area contributed by atoms with E-state index in [9.17, 15) is 14.4 Å². The van der Waals surface area contributed by atoms with E-state index in [1.54, 1.807) is 42.0 Å². The molecule has 1 fully saturated rings. The number of hydrogen-bond donors (Lipinski definition) is 2. The van der Waals surface area contributed by atoms with Crippen molar-refractivity contribution >= 4 is 34.6 Å². The third-order valence-electron chi connectivity index (χ3n) is 6.23. The number of carbonyl (C=O) groups excluding carboxylic acids is 2. The van der Waals surface area contributed by atoms with E-state index < -0.39 is 0 Å². The maximum Gasteiger partial charge on any atom is 0.321 e. The van der Waals surface area contributed by atoms with Crippen molar-refractivity contribution < 1.29 is 14.3 Å². The molecule has 2 aromatic heterocycles. The van der Waals surface area contributed by atoms with Crippen LogP contribution in [-0.4, -0.2) is 41.6 Å². The quantitative estimate of drug-likeness (QED) is 0.614. The van der Waals surface area contributed by atoms with Gasteiger partial charge >= 0.3 is 6.03 Å². The van der Waals surface area contributed by atoms with Crippen molar-refractivity contribution in [3.05, 3.63) is 74.8 Å². The Morgan fingerprint density at radius 1 is 1.03 bits per heavy atom. The Labute approximate surface area is 194 Å². The third-order valence-corrected chi connectivity index (χ3v) is 7.09. The summed E-state index contributed by atoms with van der Waals surface area (Å²) < 4.78 is 6.92. The van der Waals surface area contributed by atoms with Crippen molar-refractivity contribution in [1.29, 1.82) is 0 Å². The Kier molecular flexibility index (Phi) is 5.63. The minimum atomic E-state index is -0.278.